The normalized spacial score (nSPS) is 12.3. The number of benzene rings is 1. The quantitative estimate of drug-likeness (QED) is 0.831. The lowest BCUT2D eigenvalue weighted by Crippen LogP contribution is -2.32. The minimum atomic E-state index is -0.774. The monoisotopic (exact) mass is 278 g/mol. The minimum Gasteiger partial charge on any atom is -0.371 e. The van der Waals surface area contributed by atoms with E-state index in [1.54, 1.807) is 0 Å². The van der Waals surface area contributed by atoms with Gasteiger partial charge in [0.1, 0.15) is 17.7 Å². The summed E-state index contributed by atoms with van der Waals surface area (Å²) in [6, 6.07) is 1.21. The van der Waals surface area contributed by atoms with Crippen LogP contribution in [-0.2, 0) is 4.79 Å². The Labute approximate surface area is 93.8 Å². The van der Waals surface area contributed by atoms with E-state index < -0.39 is 23.6 Å². The largest absolute Gasteiger partial charge is 0.371 e. The van der Waals surface area contributed by atoms with Crippen molar-refractivity contribution in [2.45, 2.75) is 13.0 Å². The van der Waals surface area contributed by atoms with Crippen molar-refractivity contribution in [3.05, 3.63) is 28.2 Å². The lowest BCUT2D eigenvalue weighted by atomic mass is 10.2. The van der Waals surface area contributed by atoms with Crippen LogP contribution in [-0.4, -0.2) is 11.9 Å². The smallest absolute Gasteiger partial charge is 0.239 e. The Morgan fingerprint density at radius 3 is 2.60 bits per heavy atom. The van der Waals surface area contributed by atoms with E-state index in [2.05, 4.69) is 21.2 Å². The topological polar surface area (TPSA) is 55.1 Å². The third-order valence-corrected chi connectivity index (χ3v) is 2.42. The van der Waals surface area contributed by atoms with Crippen molar-refractivity contribution in [1.82, 2.24) is 0 Å². The van der Waals surface area contributed by atoms with Gasteiger partial charge in [-0.2, -0.15) is 0 Å². The summed E-state index contributed by atoms with van der Waals surface area (Å²) in [6.45, 7) is 1.49. The number of hydrogen-bond acceptors (Lipinski definition) is 2. The minimum absolute atomic E-state index is 0.0228. The molecule has 0 saturated carbocycles. The van der Waals surface area contributed by atoms with E-state index in [0.717, 1.165) is 6.07 Å². The maximum absolute atomic E-state index is 13.2. The number of hydrogen-bond donors (Lipinski definition) is 2. The molecular weight excluding hydrogens is 270 g/mol. The summed E-state index contributed by atoms with van der Waals surface area (Å²) < 4.78 is 26.1. The first kappa shape index (κ1) is 11.9. The zero-order valence-corrected chi connectivity index (χ0v) is 9.44. The van der Waals surface area contributed by atoms with Crippen molar-refractivity contribution in [2.75, 3.05) is 5.32 Å². The number of carbonyl (C=O) groups is 1. The van der Waals surface area contributed by atoms with Crippen LogP contribution in [0.15, 0.2) is 16.6 Å². The van der Waals surface area contributed by atoms with Gasteiger partial charge in [-0.15, -0.1) is 0 Å². The molecule has 3 nitrogen and oxygen atoms in total. The summed E-state index contributed by atoms with van der Waals surface area (Å²) in [5.41, 5.74) is 5.01. The van der Waals surface area contributed by atoms with Crippen molar-refractivity contribution in [2.24, 2.45) is 5.73 Å². The van der Waals surface area contributed by atoms with Crippen LogP contribution in [0.5, 0.6) is 0 Å². The van der Waals surface area contributed by atoms with Gasteiger partial charge in [-0.1, -0.05) is 0 Å². The Balaban J connectivity index is 2.95. The SMILES string of the molecule is CC(Nc1cc(Br)c(F)cc1F)C(N)=O. The molecule has 15 heavy (non-hydrogen) atoms. The molecule has 3 N–H and O–H groups in total. The summed E-state index contributed by atoms with van der Waals surface area (Å²) >= 11 is 2.91. The Hall–Kier alpha value is -1.17. The van der Waals surface area contributed by atoms with Crippen LogP contribution < -0.4 is 11.1 Å². The fraction of sp³-hybridized carbons (Fsp3) is 0.222. The molecule has 1 rings (SSSR count). The highest BCUT2D eigenvalue weighted by Gasteiger charge is 2.13. The van der Waals surface area contributed by atoms with Gasteiger partial charge < -0.3 is 11.1 Å². The Morgan fingerprint density at radius 1 is 1.47 bits per heavy atom. The van der Waals surface area contributed by atoms with Crippen LogP contribution in [0.4, 0.5) is 14.5 Å². The molecule has 0 aromatic heterocycles. The van der Waals surface area contributed by atoms with Gasteiger partial charge in [0.05, 0.1) is 10.2 Å². The van der Waals surface area contributed by atoms with Gasteiger partial charge >= 0.3 is 0 Å². The average molecular weight is 279 g/mol. The average Bonchev–Trinajstić information content (AvgIpc) is 2.13. The molecule has 0 heterocycles. The van der Waals surface area contributed by atoms with E-state index in [0.29, 0.717) is 0 Å². The van der Waals surface area contributed by atoms with Crippen molar-refractivity contribution in [3.8, 4) is 0 Å². The highest BCUT2D eigenvalue weighted by Crippen LogP contribution is 2.24. The maximum Gasteiger partial charge on any atom is 0.239 e. The Kier molecular flexibility index (Phi) is 3.62. The molecule has 1 amide bonds. The standard InChI is InChI=1S/C9H9BrF2N2O/c1-4(9(13)15)14-8-2-5(10)6(11)3-7(8)12/h2-4,14H,1H3,(H2,13,15). The summed E-state index contributed by atoms with van der Waals surface area (Å²) in [4.78, 5) is 10.7. The zero-order chi connectivity index (χ0) is 11.6. The van der Waals surface area contributed by atoms with Crippen LogP contribution in [0.25, 0.3) is 0 Å². The maximum atomic E-state index is 13.2. The third-order valence-electron chi connectivity index (χ3n) is 1.81. The van der Waals surface area contributed by atoms with Gasteiger partial charge in [0.25, 0.3) is 0 Å². The number of rotatable bonds is 3. The summed E-state index contributed by atoms with van der Waals surface area (Å²) in [5, 5.41) is 2.53. The van der Waals surface area contributed by atoms with Crippen LogP contribution in [0.3, 0.4) is 0 Å². The second-order valence-corrected chi connectivity index (χ2v) is 3.87. The molecule has 0 spiro atoms. The molecule has 82 valence electrons. The number of anilines is 1. The van der Waals surface area contributed by atoms with Crippen molar-refractivity contribution in [1.29, 1.82) is 0 Å². The second-order valence-electron chi connectivity index (χ2n) is 3.01. The molecule has 0 aliphatic heterocycles. The number of nitrogens with one attached hydrogen (secondary N) is 1. The molecule has 0 bridgehead atoms. The first-order valence-electron chi connectivity index (χ1n) is 4.12. The zero-order valence-electron chi connectivity index (χ0n) is 7.85. The van der Waals surface area contributed by atoms with E-state index in [4.69, 9.17) is 5.73 Å². The summed E-state index contributed by atoms with van der Waals surface area (Å²) in [6.07, 6.45) is 0. The molecule has 0 radical (unpaired) electrons. The molecule has 1 aromatic carbocycles. The van der Waals surface area contributed by atoms with Crippen molar-refractivity contribution >= 4 is 27.5 Å². The second kappa shape index (κ2) is 4.57. The van der Waals surface area contributed by atoms with Crippen LogP contribution >= 0.6 is 15.9 Å². The van der Waals surface area contributed by atoms with Gasteiger partial charge in [-0.3, -0.25) is 4.79 Å². The molecule has 0 fully saturated rings. The number of carbonyl (C=O) groups excluding carboxylic acids is 1. The van der Waals surface area contributed by atoms with Gasteiger partial charge in [0, 0.05) is 6.07 Å². The van der Waals surface area contributed by atoms with Crippen molar-refractivity contribution in [3.63, 3.8) is 0 Å². The van der Waals surface area contributed by atoms with Gasteiger partial charge in [0.15, 0.2) is 0 Å². The fourth-order valence-electron chi connectivity index (χ4n) is 0.938. The van der Waals surface area contributed by atoms with E-state index in [9.17, 15) is 13.6 Å². The van der Waals surface area contributed by atoms with Gasteiger partial charge in [-0.05, 0) is 28.9 Å². The van der Waals surface area contributed by atoms with Crippen LogP contribution in [0.2, 0.25) is 0 Å². The molecule has 1 atom stereocenters. The number of halogens is 3. The molecular formula is C9H9BrF2N2O. The van der Waals surface area contributed by atoms with E-state index in [1.807, 2.05) is 0 Å². The summed E-state index contributed by atoms with van der Waals surface area (Å²) in [7, 11) is 0. The number of primary amides is 1. The van der Waals surface area contributed by atoms with Gasteiger partial charge in [-0.25, -0.2) is 8.78 Å². The van der Waals surface area contributed by atoms with E-state index >= 15 is 0 Å². The number of amides is 1. The summed E-state index contributed by atoms with van der Waals surface area (Å²) in [5.74, 6) is -2.09. The van der Waals surface area contributed by atoms with Crippen LogP contribution in [0, 0.1) is 11.6 Å². The lowest BCUT2D eigenvalue weighted by molar-refractivity contribution is -0.118. The lowest BCUT2D eigenvalue weighted by Gasteiger charge is -2.12. The Morgan fingerprint density at radius 2 is 2.07 bits per heavy atom. The Bertz CT molecular complexity index is 398. The molecule has 6 heteroatoms. The molecule has 0 aliphatic rings. The van der Waals surface area contributed by atoms with Crippen LogP contribution in [0.1, 0.15) is 6.92 Å². The number of nitrogens with two attached hydrogens (primary N) is 1. The molecule has 0 aliphatic carbocycles. The van der Waals surface area contributed by atoms with E-state index in [1.165, 1.54) is 13.0 Å². The first-order chi connectivity index (χ1) is 6.91. The highest BCUT2D eigenvalue weighted by molar-refractivity contribution is 9.10. The molecule has 1 unspecified atom stereocenters. The van der Waals surface area contributed by atoms with Crippen molar-refractivity contribution < 1.29 is 13.6 Å². The van der Waals surface area contributed by atoms with Gasteiger partial charge in [0.2, 0.25) is 5.91 Å². The third kappa shape index (κ3) is 2.89. The fourth-order valence-corrected chi connectivity index (χ4v) is 1.28. The van der Waals surface area contributed by atoms with E-state index in [-0.39, 0.29) is 10.2 Å². The molecule has 1 aromatic rings. The highest BCUT2D eigenvalue weighted by atomic mass is 79.9. The predicted octanol–water partition coefficient (Wildman–Crippen LogP) is 2.01. The molecule has 0 saturated heterocycles. The first-order valence-corrected chi connectivity index (χ1v) is 4.91. The predicted molar refractivity (Wildman–Crippen MR) is 56.3 cm³/mol.